The lowest BCUT2D eigenvalue weighted by Gasteiger charge is -2.07. The van der Waals surface area contributed by atoms with Crippen LogP contribution in [0.15, 0.2) is 0 Å². The SMILES string of the molecule is COC(=O)[C@@H]1CC[C@H](S(N)(=O)=O)C1. The van der Waals surface area contributed by atoms with Crippen LogP contribution >= 0.6 is 0 Å². The van der Waals surface area contributed by atoms with E-state index in [9.17, 15) is 13.2 Å². The fourth-order valence-electron chi connectivity index (χ4n) is 1.62. The van der Waals surface area contributed by atoms with Crippen molar-refractivity contribution < 1.29 is 17.9 Å². The first-order valence-electron chi connectivity index (χ1n) is 4.04. The average Bonchev–Trinajstić information content (AvgIpc) is 2.50. The second-order valence-electron chi connectivity index (χ2n) is 3.24. The van der Waals surface area contributed by atoms with Gasteiger partial charge in [0.25, 0.3) is 0 Å². The maximum Gasteiger partial charge on any atom is 0.308 e. The minimum atomic E-state index is -3.48. The Balaban J connectivity index is 2.60. The molecule has 13 heavy (non-hydrogen) atoms. The number of primary sulfonamides is 1. The standard InChI is InChI=1S/C7H13NO4S/c1-12-7(9)5-2-3-6(4-5)13(8,10)11/h5-6H,2-4H2,1H3,(H2,8,10,11)/t5-,6+/m1/s1. The van der Waals surface area contributed by atoms with Crippen LogP contribution < -0.4 is 5.14 Å². The molecule has 0 aliphatic heterocycles. The van der Waals surface area contributed by atoms with Gasteiger partial charge in [0.2, 0.25) is 10.0 Å². The minimum absolute atomic E-state index is 0.297. The molecule has 76 valence electrons. The first-order chi connectivity index (χ1) is 5.95. The summed E-state index contributed by atoms with van der Waals surface area (Å²) in [4.78, 5) is 11.0. The van der Waals surface area contributed by atoms with Crippen molar-refractivity contribution in [3.63, 3.8) is 0 Å². The number of methoxy groups -OCH3 is 1. The second kappa shape index (κ2) is 3.63. The highest BCUT2D eigenvalue weighted by molar-refractivity contribution is 7.89. The van der Waals surface area contributed by atoms with E-state index in [4.69, 9.17) is 5.14 Å². The number of nitrogens with two attached hydrogens (primary N) is 1. The molecule has 2 atom stereocenters. The van der Waals surface area contributed by atoms with E-state index >= 15 is 0 Å². The Hall–Kier alpha value is -0.620. The number of carbonyl (C=O) groups is 1. The van der Waals surface area contributed by atoms with Crippen LogP contribution in [0.4, 0.5) is 0 Å². The fraction of sp³-hybridized carbons (Fsp3) is 0.857. The van der Waals surface area contributed by atoms with E-state index in [2.05, 4.69) is 4.74 Å². The molecule has 0 aromatic rings. The van der Waals surface area contributed by atoms with Gasteiger partial charge in [-0.2, -0.15) is 0 Å². The maximum atomic E-state index is 11.0. The first-order valence-corrected chi connectivity index (χ1v) is 5.65. The third-order valence-electron chi connectivity index (χ3n) is 2.38. The Morgan fingerprint density at radius 3 is 2.46 bits per heavy atom. The molecule has 1 fully saturated rings. The summed E-state index contributed by atoms with van der Waals surface area (Å²) >= 11 is 0. The highest BCUT2D eigenvalue weighted by Gasteiger charge is 2.36. The molecule has 0 radical (unpaired) electrons. The molecule has 0 bridgehead atoms. The summed E-state index contributed by atoms with van der Waals surface area (Å²) in [5.74, 6) is -0.639. The number of ether oxygens (including phenoxy) is 1. The zero-order chi connectivity index (χ0) is 10.1. The van der Waals surface area contributed by atoms with Crippen molar-refractivity contribution in [3.8, 4) is 0 Å². The molecule has 1 aliphatic carbocycles. The largest absolute Gasteiger partial charge is 0.469 e. The van der Waals surface area contributed by atoms with Crippen LogP contribution in [0.5, 0.6) is 0 Å². The van der Waals surface area contributed by atoms with Crippen LogP contribution in [-0.2, 0) is 19.6 Å². The Morgan fingerprint density at radius 2 is 2.08 bits per heavy atom. The van der Waals surface area contributed by atoms with Gasteiger partial charge in [-0.15, -0.1) is 0 Å². The van der Waals surface area contributed by atoms with E-state index in [1.54, 1.807) is 0 Å². The van der Waals surface area contributed by atoms with Crippen molar-refractivity contribution in [1.29, 1.82) is 0 Å². The Labute approximate surface area is 77.3 Å². The maximum absolute atomic E-state index is 11.0. The van der Waals surface area contributed by atoms with Crippen molar-refractivity contribution in [2.24, 2.45) is 11.1 Å². The molecule has 1 saturated carbocycles. The molecule has 1 rings (SSSR count). The van der Waals surface area contributed by atoms with Crippen molar-refractivity contribution in [2.75, 3.05) is 7.11 Å². The third kappa shape index (κ3) is 2.41. The van der Waals surface area contributed by atoms with Crippen LogP contribution in [0, 0.1) is 5.92 Å². The van der Waals surface area contributed by atoms with Gasteiger partial charge >= 0.3 is 5.97 Å². The predicted molar refractivity (Wildman–Crippen MR) is 46.3 cm³/mol. The van der Waals surface area contributed by atoms with E-state index in [0.29, 0.717) is 19.3 Å². The Kier molecular flexibility index (Phi) is 2.92. The highest BCUT2D eigenvalue weighted by atomic mass is 32.2. The van der Waals surface area contributed by atoms with Gasteiger partial charge in [-0.05, 0) is 19.3 Å². The van der Waals surface area contributed by atoms with E-state index in [-0.39, 0.29) is 11.9 Å². The lowest BCUT2D eigenvalue weighted by atomic mass is 10.1. The summed E-state index contributed by atoms with van der Waals surface area (Å²) in [6.07, 6.45) is 1.30. The number of sulfonamides is 1. The number of esters is 1. The normalized spacial score (nSPS) is 28.8. The van der Waals surface area contributed by atoms with Gasteiger partial charge < -0.3 is 4.74 Å². The van der Waals surface area contributed by atoms with Crippen molar-refractivity contribution in [2.45, 2.75) is 24.5 Å². The van der Waals surface area contributed by atoms with Crippen LogP contribution in [0.1, 0.15) is 19.3 Å². The van der Waals surface area contributed by atoms with Gasteiger partial charge in [0.1, 0.15) is 0 Å². The van der Waals surface area contributed by atoms with Gasteiger partial charge in [0.15, 0.2) is 0 Å². The summed E-state index contributed by atoms with van der Waals surface area (Å²) in [7, 11) is -2.19. The van der Waals surface area contributed by atoms with Crippen molar-refractivity contribution >= 4 is 16.0 Å². The van der Waals surface area contributed by atoms with Gasteiger partial charge in [0.05, 0.1) is 18.3 Å². The summed E-state index contributed by atoms with van der Waals surface area (Å²) in [5, 5.41) is 4.39. The van der Waals surface area contributed by atoms with Gasteiger partial charge in [-0.1, -0.05) is 0 Å². The lowest BCUT2D eigenvalue weighted by molar-refractivity contribution is -0.145. The summed E-state index contributed by atoms with van der Waals surface area (Å²) in [6.45, 7) is 0. The molecule has 0 unspecified atom stereocenters. The number of carbonyl (C=O) groups excluding carboxylic acids is 1. The average molecular weight is 207 g/mol. The molecule has 0 saturated heterocycles. The fourth-order valence-corrected chi connectivity index (χ4v) is 2.58. The highest BCUT2D eigenvalue weighted by Crippen LogP contribution is 2.29. The monoisotopic (exact) mass is 207 g/mol. The van der Waals surface area contributed by atoms with Gasteiger partial charge in [0, 0.05) is 0 Å². The van der Waals surface area contributed by atoms with Crippen LogP contribution in [0.2, 0.25) is 0 Å². The van der Waals surface area contributed by atoms with Crippen molar-refractivity contribution in [1.82, 2.24) is 0 Å². The zero-order valence-corrected chi connectivity index (χ0v) is 8.21. The summed E-state index contributed by atoms with van der Waals surface area (Å²) < 4.78 is 26.4. The third-order valence-corrected chi connectivity index (χ3v) is 3.74. The Morgan fingerprint density at radius 1 is 1.46 bits per heavy atom. The molecule has 0 heterocycles. The van der Waals surface area contributed by atoms with E-state index in [0.717, 1.165) is 0 Å². The van der Waals surface area contributed by atoms with Crippen LogP contribution in [-0.4, -0.2) is 26.7 Å². The van der Waals surface area contributed by atoms with E-state index in [1.165, 1.54) is 7.11 Å². The summed E-state index contributed by atoms with van der Waals surface area (Å²) in [5.41, 5.74) is 0. The molecule has 0 aromatic carbocycles. The molecular weight excluding hydrogens is 194 g/mol. The molecule has 0 amide bonds. The quantitative estimate of drug-likeness (QED) is 0.625. The smallest absolute Gasteiger partial charge is 0.308 e. The molecule has 6 heteroatoms. The molecule has 1 aliphatic rings. The second-order valence-corrected chi connectivity index (χ2v) is 5.09. The van der Waals surface area contributed by atoms with E-state index in [1.807, 2.05) is 0 Å². The van der Waals surface area contributed by atoms with Crippen LogP contribution in [0.25, 0.3) is 0 Å². The van der Waals surface area contributed by atoms with E-state index < -0.39 is 15.3 Å². The molecular formula is C7H13NO4S. The van der Waals surface area contributed by atoms with Gasteiger partial charge in [-0.25, -0.2) is 13.6 Å². The molecule has 0 aromatic heterocycles. The Bertz CT molecular complexity index is 298. The minimum Gasteiger partial charge on any atom is -0.469 e. The number of hydrogen-bond donors (Lipinski definition) is 1. The van der Waals surface area contributed by atoms with Crippen LogP contribution in [0.3, 0.4) is 0 Å². The first kappa shape index (κ1) is 10.5. The zero-order valence-electron chi connectivity index (χ0n) is 7.39. The molecule has 5 nitrogen and oxygen atoms in total. The topological polar surface area (TPSA) is 86.5 Å². The number of rotatable bonds is 2. The van der Waals surface area contributed by atoms with Crippen molar-refractivity contribution in [3.05, 3.63) is 0 Å². The molecule has 0 spiro atoms. The molecule has 2 N–H and O–H groups in total. The van der Waals surface area contributed by atoms with Gasteiger partial charge in [-0.3, -0.25) is 4.79 Å². The predicted octanol–water partition coefficient (Wildman–Crippen LogP) is -0.383. The summed E-state index contributed by atoms with van der Waals surface area (Å²) in [6, 6.07) is 0. The lowest BCUT2D eigenvalue weighted by Crippen LogP contribution is -2.26. The number of hydrogen-bond acceptors (Lipinski definition) is 4.